The highest BCUT2D eigenvalue weighted by Crippen LogP contribution is 2.19. The third-order valence-corrected chi connectivity index (χ3v) is 2.52. The Hall–Kier alpha value is -0.0800. The van der Waals surface area contributed by atoms with Crippen molar-refractivity contribution in [3.05, 3.63) is 0 Å². The van der Waals surface area contributed by atoms with Gasteiger partial charge >= 0.3 is 0 Å². The van der Waals surface area contributed by atoms with Crippen LogP contribution in [0, 0.1) is 5.92 Å². The van der Waals surface area contributed by atoms with Crippen LogP contribution in [-0.2, 0) is 4.74 Å². The topological polar surface area (TPSA) is 21.3 Å². The Balaban J connectivity index is 2.13. The minimum Gasteiger partial charge on any atom is -0.381 e. The fourth-order valence-electron chi connectivity index (χ4n) is 1.60. The standard InChI is InChI=1S/C9H19NO/c1-8(10-2)7-9-3-5-11-6-4-9/h8-10H,3-7H2,1-2H3/t8-/m1/s1. The molecular formula is C9H19NO. The molecule has 1 rings (SSSR count). The van der Waals surface area contributed by atoms with Crippen LogP contribution in [0.2, 0.25) is 0 Å². The van der Waals surface area contributed by atoms with E-state index in [9.17, 15) is 0 Å². The van der Waals surface area contributed by atoms with E-state index in [1.165, 1.54) is 19.3 Å². The monoisotopic (exact) mass is 157 g/mol. The third kappa shape index (κ3) is 3.21. The quantitative estimate of drug-likeness (QED) is 0.669. The van der Waals surface area contributed by atoms with Crippen molar-refractivity contribution in [3.63, 3.8) is 0 Å². The fourth-order valence-corrected chi connectivity index (χ4v) is 1.60. The summed E-state index contributed by atoms with van der Waals surface area (Å²) in [4.78, 5) is 0. The lowest BCUT2D eigenvalue weighted by atomic mass is 9.93. The molecule has 0 saturated carbocycles. The average molecular weight is 157 g/mol. The molecule has 0 aromatic carbocycles. The Morgan fingerprint density at radius 1 is 1.45 bits per heavy atom. The van der Waals surface area contributed by atoms with Crippen LogP contribution in [0.4, 0.5) is 0 Å². The second-order valence-corrected chi connectivity index (χ2v) is 3.48. The molecule has 1 saturated heterocycles. The normalized spacial score (nSPS) is 23.5. The highest BCUT2D eigenvalue weighted by Gasteiger charge is 2.15. The number of nitrogens with one attached hydrogen (secondary N) is 1. The third-order valence-electron chi connectivity index (χ3n) is 2.52. The molecule has 0 aromatic rings. The Bertz CT molecular complexity index is 99.7. The SMILES string of the molecule is CN[C@H](C)CC1CCOCC1. The molecule has 2 heteroatoms. The molecular weight excluding hydrogens is 138 g/mol. The molecule has 1 fully saturated rings. The van der Waals surface area contributed by atoms with Gasteiger partial charge in [0.2, 0.25) is 0 Å². The zero-order chi connectivity index (χ0) is 8.10. The van der Waals surface area contributed by atoms with Gasteiger partial charge < -0.3 is 10.1 Å². The predicted molar refractivity (Wildman–Crippen MR) is 46.7 cm³/mol. The predicted octanol–water partition coefficient (Wildman–Crippen LogP) is 1.41. The summed E-state index contributed by atoms with van der Waals surface area (Å²) in [5, 5.41) is 3.27. The van der Waals surface area contributed by atoms with Crippen molar-refractivity contribution in [1.29, 1.82) is 0 Å². The first-order valence-electron chi connectivity index (χ1n) is 4.58. The zero-order valence-corrected chi connectivity index (χ0v) is 7.60. The van der Waals surface area contributed by atoms with Crippen molar-refractivity contribution in [2.24, 2.45) is 5.92 Å². The first-order valence-corrected chi connectivity index (χ1v) is 4.58. The summed E-state index contributed by atoms with van der Waals surface area (Å²) in [6, 6.07) is 0.665. The van der Waals surface area contributed by atoms with Crippen molar-refractivity contribution in [3.8, 4) is 0 Å². The van der Waals surface area contributed by atoms with E-state index < -0.39 is 0 Å². The lowest BCUT2D eigenvalue weighted by Gasteiger charge is -2.24. The smallest absolute Gasteiger partial charge is 0.0468 e. The summed E-state index contributed by atoms with van der Waals surface area (Å²) in [5.41, 5.74) is 0. The minimum absolute atomic E-state index is 0.665. The molecule has 2 nitrogen and oxygen atoms in total. The lowest BCUT2D eigenvalue weighted by molar-refractivity contribution is 0.0614. The average Bonchev–Trinajstić information content (AvgIpc) is 2.06. The van der Waals surface area contributed by atoms with Crippen LogP contribution in [0.1, 0.15) is 26.2 Å². The van der Waals surface area contributed by atoms with Crippen molar-refractivity contribution in [1.82, 2.24) is 5.32 Å². The van der Waals surface area contributed by atoms with Gasteiger partial charge in [0.1, 0.15) is 0 Å². The van der Waals surface area contributed by atoms with Crippen LogP contribution in [0.5, 0.6) is 0 Å². The first kappa shape index (κ1) is 9.01. The number of hydrogen-bond acceptors (Lipinski definition) is 2. The summed E-state index contributed by atoms with van der Waals surface area (Å²) in [5.74, 6) is 0.895. The van der Waals surface area contributed by atoms with Crippen LogP contribution in [0.15, 0.2) is 0 Å². The first-order chi connectivity index (χ1) is 5.33. The molecule has 1 heterocycles. The highest BCUT2D eigenvalue weighted by atomic mass is 16.5. The Kier molecular flexibility index (Phi) is 3.87. The van der Waals surface area contributed by atoms with Gasteiger partial charge in [-0.15, -0.1) is 0 Å². The Morgan fingerprint density at radius 3 is 2.64 bits per heavy atom. The van der Waals surface area contributed by atoms with Crippen LogP contribution < -0.4 is 5.32 Å². The van der Waals surface area contributed by atoms with Gasteiger partial charge in [-0.2, -0.15) is 0 Å². The van der Waals surface area contributed by atoms with Gasteiger partial charge in [0, 0.05) is 19.3 Å². The van der Waals surface area contributed by atoms with Crippen molar-refractivity contribution in [2.75, 3.05) is 20.3 Å². The molecule has 66 valence electrons. The molecule has 1 atom stereocenters. The highest BCUT2D eigenvalue weighted by molar-refractivity contribution is 4.68. The maximum atomic E-state index is 5.29. The van der Waals surface area contributed by atoms with Gasteiger partial charge in [-0.1, -0.05) is 0 Å². The zero-order valence-electron chi connectivity index (χ0n) is 7.60. The van der Waals surface area contributed by atoms with Gasteiger partial charge in [0.15, 0.2) is 0 Å². The molecule has 1 N–H and O–H groups in total. The number of ether oxygens (including phenoxy) is 1. The second-order valence-electron chi connectivity index (χ2n) is 3.48. The van der Waals surface area contributed by atoms with E-state index in [1.807, 2.05) is 7.05 Å². The Labute approximate surface area is 69.3 Å². The van der Waals surface area contributed by atoms with Crippen molar-refractivity contribution >= 4 is 0 Å². The summed E-state index contributed by atoms with van der Waals surface area (Å²) >= 11 is 0. The molecule has 0 unspecified atom stereocenters. The van der Waals surface area contributed by atoms with E-state index in [2.05, 4.69) is 12.2 Å². The maximum Gasteiger partial charge on any atom is 0.0468 e. The van der Waals surface area contributed by atoms with Crippen LogP contribution in [-0.4, -0.2) is 26.3 Å². The Morgan fingerprint density at radius 2 is 2.09 bits per heavy atom. The van der Waals surface area contributed by atoms with Crippen LogP contribution in [0.25, 0.3) is 0 Å². The number of rotatable bonds is 3. The molecule has 1 aliphatic rings. The molecule has 0 amide bonds. The summed E-state index contributed by atoms with van der Waals surface area (Å²) in [7, 11) is 2.03. The van der Waals surface area contributed by atoms with E-state index in [0.29, 0.717) is 6.04 Å². The van der Waals surface area contributed by atoms with E-state index in [0.717, 1.165) is 19.1 Å². The molecule has 0 aromatic heterocycles. The van der Waals surface area contributed by atoms with Gasteiger partial charge in [-0.05, 0) is 39.2 Å². The van der Waals surface area contributed by atoms with E-state index in [4.69, 9.17) is 4.74 Å². The van der Waals surface area contributed by atoms with E-state index >= 15 is 0 Å². The summed E-state index contributed by atoms with van der Waals surface area (Å²) < 4.78 is 5.29. The van der Waals surface area contributed by atoms with E-state index in [1.54, 1.807) is 0 Å². The molecule has 0 aliphatic carbocycles. The minimum atomic E-state index is 0.665. The number of hydrogen-bond donors (Lipinski definition) is 1. The van der Waals surface area contributed by atoms with Crippen LogP contribution >= 0.6 is 0 Å². The van der Waals surface area contributed by atoms with Gasteiger partial charge in [0.25, 0.3) is 0 Å². The molecule has 11 heavy (non-hydrogen) atoms. The molecule has 0 spiro atoms. The molecule has 1 aliphatic heterocycles. The maximum absolute atomic E-state index is 5.29. The lowest BCUT2D eigenvalue weighted by Crippen LogP contribution is -2.27. The second kappa shape index (κ2) is 4.73. The van der Waals surface area contributed by atoms with Gasteiger partial charge in [0.05, 0.1) is 0 Å². The largest absolute Gasteiger partial charge is 0.381 e. The van der Waals surface area contributed by atoms with Gasteiger partial charge in [-0.3, -0.25) is 0 Å². The fraction of sp³-hybridized carbons (Fsp3) is 1.00. The van der Waals surface area contributed by atoms with Gasteiger partial charge in [-0.25, -0.2) is 0 Å². The molecule has 0 radical (unpaired) electrons. The van der Waals surface area contributed by atoms with Crippen LogP contribution in [0.3, 0.4) is 0 Å². The summed E-state index contributed by atoms with van der Waals surface area (Å²) in [6.45, 7) is 4.19. The molecule has 0 bridgehead atoms. The van der Waals surface area contributed by atoms with E-state index in [-0.39, 0.29) is 0 Å². The van der Waals surface area contributed by atoms with Crippen molar-refractivity contribution < 1.29 is 4.74 Å². The van der Waals surface area contributed by atoms with Crippen molar-refractivity contribution in [2.45, 2.75) is 32.2 Å². The summed E-state index contributed by atoms with van der Waals surface area (Å²) in [6.07, 6.45) is 3.82.